The summed E-state index contributed by atoms with van der Waals surface area (Å²) in [6.07, 6.45) is 4.03. The van der Waals surface area contributed by atoms with E-state index in [0.717, 1.165) is 86.0 Å². The number of nitrogen functional groups attached to an aromatic ring is 1. The number of para-hydroxylation sites is 2. The Morgan fingerprint density at radius 3 is 2.46 bits per heavy atom. The van der Waals surface area contributed by atoms with Crippen LogP contribution in [0.1, 0.15) is 12.8 Å². The molecule has 39 heavy (non-hydrogen) atoms. The summed E-state index contributed by atoms with van der Waals surface area (Å²) in [6.45, 7) is 6.61. The Labute approximate surface area is 229 Å². The van der Waals surface area contributed by atoms with Crippen molar-refractivity contribution in [3.8, 4) is 17.3 Å². The summed E-state index contributed by atoms with van der Waals surface area (Å²) in [6, 6.07) is 14.5. The Balaban J connectivity index is 1.18. The summed E-state index contributed by atoms with van der Waals surface area (Å²) < 4.78 is 7.82. The summed E-state index contributed by atoms with van der Waals surface area (Å²) in [5.41, 5.74) is 11.8. The molecular formula is C29H37N9O. The number of imidazole rings is 1. The predicted molar refractivity (Wildman–Crippen MR) is 157 cm³/mol. The van der Waals surface area contributed by atoms with E-state index in [4.69, 9.17) is 20.4 Å². The number of methoxy groups -OCH3 is 1. The maximum Gasteiger partial charge on any atom is 0.227 e. The van der Waals surface area contributed by atoms with Crippen molar-refractivity contribution in [3.05, 3.63) is 48.7 Å². The molecule has 10 nitrogen and oxygen atoms in total. The van der Waals surface area contributed by atoms with Gasteiger partial charge in [0.25, 0.3) is 0 Å². The van der Waals surface area contributed by atoms with Gasteiger partial charge in [0.15, 0.2) is 5.82 Å². The molecule has 0 spiro atoms. The van der Waals surface area contributed by atoms with E-state index in [0.29, 0.717) is 23.4 Å². The minimum absolute atomic E-state index is 0.456. The maximum atomic E-state index is 6.60. The van der Waals surface area contributed by atoms with Gasteiger partial charge in [0.1, 0.15) is 11.4 Å². The molecule has 2 aromatic carbocycles. The Hall–Kier alpha value is -3.89. The lowest BCUT2D eigenvalue weighted by molar-refractivity contribution is 0.0982. The highest BCUT2D eigenvalue weighted by molar-refractivity contribution is 5.81. The highest BCUT2D eigenvalue weighted by atomic mass is 16.5. The van der Waals surface area contributed by atoms with Crippen molar-refractivity contribution in [2.24, 2.45) is 7.05 Å². The van der Waals surface area contributed by atoms with Crippen LogP contribution in [0.25, 0.3) is 22.6 Å². The van der Waals surface area contributed by atoms with Crippen LogP contribution in [0, 0.1) is 0 Å². The van der Waals surface area contributed by atoms with Gasteiger partial charge < -0.3 is 30.2 Å². The van der Waals surface area contributed by atoms with Gasteiger partial charge in [-0.2, -0.15) is 0 Å². The lowest BCUT2D eigenvalue weighted by Gasteiger charge is -2.42. The van der Waals surface area contributed by atoms with Crippen LogP contribution < -0.4 is 20.7 Å². The van der Waals surface area contributed by atoms with Crippen LogP contribution in [-0.4, -0.2) is 88.8 Å². The van der Waals surface area contributed by atoms with Crippen LogP contribution in [0.3, 0.4) is 0 Å². The number of nitrogens with one attached hydrogen (secondary N) is 1. The standard InChI is InChI=1S/C29H37N9O/c1-35-14-16-37(17-15-35)20-9-12-38(13-10-20)26-19-27(39-3)24(18-21(26)30)34-29-31-11-8-23(33-29)28-32-22-6-4-5-7-25(22)36(28)2/h4-8,11,18-20H,9-10,12-17,30H2,1-3H3,(H,31,33,34). The van der Waals surface area contributed by atoms with E-state index in [9.17, 15) is 0 Å². The molecule has 2 aliphatic rings. The van der Waals surface area contributed by atoms with E-state index in [-0.39, 0.29) is 0 Å². The van der Waals surface area contributed by atoms with E-state index < -0.39 is 0 Å². The number of hydrogen-bond donors (Lipinski definition) is 2. The number of piperazine rings is 1. The van der Waals surface area contributed by atoms with E-state index in [1.54, 1.807) is 13.3 Å². The molecule has 0 aliphatic carbocycles. The van der Waals surface area contributed by atoms with E-state index in [1.807, 2.05) is 48.0 Å². The zero-order chi connectivity index (χ0) is 26.9. The van der Waals surface area contributed by atoms with Gasteiger partial charge in [-0.05, 0) is 44.2 Å². The fourth-order valence-electron chi connectivity index (χ4n) is 5.82. The fraction of sp³-hybridized carbons (Fsp3) is 0.414. The minimum atomic E-state index is 0.456. The first-order chi connectivity index (χ1) is 19.0. The van der Waals surface area contributed by atoms with Crippen molar-refractivity contribution in [3.63, 3.8) is 0 Å². The summed E-state index contributed by atoms with van der Waals surface area (Å²) in [5.74, 6) is 1.94. The third-order valence-electron chi connectivity index (χ3n) is 8.13. The number of piperidine rings is 1. The molecule has 0 bridgehead atoms. The number of hydrogen-bond acceptors (Lipinski definition) is 9. The van der Waals surface area contributed by atoms with Crippen LogP contribution in [0.5, 0.6) is 5.75 Å². The number of ether oxygens (including phenoxy) is 1. The SMILES string of the molecule is COc1cc(N2CCC(N3CCN(C)CC3)CC2)c(N)cc1Nc1nccc(-c2nc3ccccc3n2C)n1. The molecular weight excluding hydrogens is 490 g/mol. The smallest absolute Gasteiger partial charge is 0.227 e. The largest absolute Gasteiger partial charge is 0.494 e. The van der Waals surface area contributed by atoms with Crippen molar-refractivity contribution >= 4 is 34.0 Å². The number of benzene rings is 2. The van der Waals surface area contributed by atoms with E-state index >= 15 is 0 Å². The molecule has 2 aromatic heterocycles. The first-order valence-electron chi connectivity index (χ1n) is 13.7. The van der Waals surface area contributed by atoms with Crippen LogP contribution in [-0.2, 0) is 7.05 Å². The van der Waals surface area contributed by atoms with Crippen LogP contribution >= 0.6 is 0 Å². The van der Waals surface area contributed by atoms with Crippen molar-refractivity contribution in [2.75, 3.05) is 69.4 Å². The highest BCUT2D eigenvalue weighted by Gasteiger charge is 2.28. The van der Waals surface area contributed by atoms with Gasteiger partial charge in [0.2, 0.25) is 5.95 Å². The molecule has 0 saturated carbocycles. The van der Waals surface area contributed by atoms with Gasteiger partial charge in [0, 0.05) is 64.6 Å². The van der Waals surface area contributed by atoms with Crippen molar-refractivity contribution in [1.29, 1.82) is 0 Å². The number of rotatable bonds is 6. The van der Waals surface area contributed by atoms with Crippen LogP contribution in [0.2, 0.25) is 0 Å². The average Bonchev–Trinajstić information content (AvgIpc) is 3.30. The summed E-state index contributed by atoms with van der Waals surface area (Å²) >= 11 is 0. The molecule has 2 fully saturated rings. The highest BCUT2D eigenvalue weighted by Crippen LogP contribution is 2.38. The number of nitrogens with two attached hydrogens (primary N) is 1. The molecule has 2 aliphatic heterocycles. The number of nitrogens with zero attached hydrogens (tertiary/aromatic N) is 7. The molecule has 0 radical (unpaired) electrons. The number of likely N-dealkylation sites (N-methyl/N-ethyl adjacent to an activating group) is 1. The second-order valence-electron chi connectivity index (χ2n) is 10.5. The molecule has 0 unspecified atom stereocenters. The molecule has 204 valence electrons. The molecule has 3 N–H and O–H groups in total. The average molecular weight is 528 g/mol. The number of anilines is 4. The fourth-order valence-corrected chi connectivity index (χ4v) is 5.82. The Kier molecular flexibility index (Phi) is 6.97. The molecule has 10 heteroatoms. The van der Waals surface area contributed by atoms with Crippen molar-refractivity contribution in [2.45, 2.75) is 18.9 Å². The minimum Gasteiger partial charge on any atom is -0.494 e. The molecule has 0 atom stereocenters. The van der Waals surface area contributed by atoms with Gasteiger partial charge in [-0.1, -0.05) is 12.1 Å². The van der Waals surface area contributed by atoms with Gasteiger partial charge in [-0.15, -0.1) is 0 Å². The van der Waals surface area contributed by atoms with Gasteiger partial charge in [-0.3, -0.25) is 4.90 Å². The summed E-state index contributed by atoms with van der Waals surface area (Å²) in [4.78, 5) is 21.4. The zero-order valence-corrected chi connectivity index (χ0v) is 23.0. The summed E-state index contributed by atoms with van der Waals surface area (Å²) in [7, 11) is 5.88. The molecule has 0 amide bonds. The molecule has 2 saturated heterocycles. The van der Waals surface area contributed by atoms with E-state index in [2.05, 4.69) is 38.1 Å². The molecule has 4 heterocycles. The Morgan fingerprint density at radius 2 is 1.72 bits per heavy atom. The maximum absolute atomic E-state index is 6.60. The lowest BCUT2D eigenvalue weighted by atomic mass is 10.0. The first-order valence-corrected chi connectivity index (χ1v) is 13.7. The van der Waals surface area contributed by atoms with Crippen LogP contribution in [0.4, 0.5) is 23.0 Å². The normalized spacial score (nSPS) is 17.6. The second-order valence-corrected chi connectivity index (χ2v) is 10.5. The van der Waals surface area contributed by atoms with Gasteiger partial charge in [0.05, 0.1) is 35.2 Å². The Morgan fingerprint density at radius 1 is 0.949 bits per heavy atom. The van der Waals surface area contributed by atoms with Crippen molar-refractivity contribution in [1.82, 2.24) is 29.3 Å². The third-order valence-corrected chi connectivity index (χ3v) is 8.13. The van der Waals surface area contributed by atoms with Crippen molar-refractivity contribution < 1.29 is 4.74 Å². The Bertz CT molecular complexity index is 1450. The predicted octanol–water partition coefficient (Wildman–Crippen LogP) is 3.58. The van der Waals surface area contributed by atoms with E-state index in [1.165, 1.54) is 0 Å². The number of aryl methyl sites for hydroxylation is 1. The monoisotopic (exact) mass is 527 g/mol. The molecule has 6 rings (SSSR count). The summed E-state index contributed by atoms with van der Waals surface area (Å²) in [5, 5.41) is 3.32. The molecule has 4 aromatic rings. The van der Waals surface area contributed by atoms with Gasteiger partial charge in [-0.25, -0.2) is 15.0 Å². The quantitative estimate of drug-likeness (QED) is 0.364. The topological polar surface area (TPSA) is 101 Å². The number of aromatic nitrogens is 4. The second kappa shape index (κ2) is 10.7. The van der Waals surface area contributed by atoms with Gasteiger partial charge >= 0.3 is 0 Å². The first kappa shape index (κ1) is 25.4. The zero-order valence-electron chi connectivity index (χ0n) is 23.0. The third kappa shape index (κ3) is 5.09. The van der Waals surface area contributed by atoms with Crippen LogP contribution in [0.15, 0.2) is 48.7 Å². The number of fused-ring (bicyclic) bond motifs is 1. The lowest BCUT2D eigenvalue weighted by Crippen LogP contribution is -2.52.